The van der Waals surface area contributed by atoms with Crippen LogP contribution in [0.1, 0.15) is 20.8 Å². The zero-order chi connectivity index (χ0) is 14.6. The Morgan fingerprint density at radius 2 is 2.16 bits per heavy atom. The third-order valence-electron chi connectivity index (χ3n) is 2.62. The van der Waals surface area contributed by atoms with Crippen molar-refractivity contribution < 1.29 is 19.2 Å². The standard InChI is InChI=1S/C11H15N3O5/c1-4-19-10(16)11(2,3)9(15)7-13-6-8(5-12-13)14(17)18/h5-6H,4,7H2,1-3H3. The topological polar surface area (TPSA) is 104 Å². The summed E-state index contributed by atoms with van der Waals surface area (Å²) in [5, 5.41) is 14.2. The molecule has 0 spiro atoms. The fraction of sp³-hybridized carbons (Fsp3) is 0.545. The van der Waals surface area contributed by atoms with Crippen LogP contribution in [0.2, 0.25) is 0 Å². The van der Waals surface area contributed by atoms with E-state index in [1.807, 2.05) is 0 Å². The molecule has 0 aliphatic rings. The molecule has 1 rings (SSSR count). The van der Waals surface area contributed by atoms with Crippen molar-refractivity contribution in [1.29, 1.82) is 0 Å². The molecule has 0 fully saturated rings. The molecule has 0 aromatic carbocycles. The monoisotopic (exact) mass is 269 g/mol. The number of rotatable bonds is 6. The Morgan fingerprint density at radius 3 is 2.63 bits per heavy atom. The number of aromatic nitrogens is 2. The van der Waals surface area contributed by atoms with Gasteiger partial charge in [0.25, 0.3) is 0 Å². The smallest absolute Gasteiger partial charge is 0.319 e. The summed E-state index contributed by atoms with van der Waals surface area (Å²) < 4.78 is 5.94. The summed E-state index contributed by atoms with van der Waals surface area (Å²) in [7, 11) is 0. The molecular formula is C11H15N3O5. The van der Waals surface area contributed by atoms with Crippen molar-refractivity contribution >= 4 is 17.4 Å². The highest BCUT2D eigenvalue weighted by molar-refractivity contribution is 6.02. The molecule has 0 atom stereocenters. The summed E-state index contributed by atoms with van der Waals surface area (Å²) in [6, 6.07) is 0. The highest BCUT2D eigenvalue weighted by Crippen LogP contribution is 2.20. The van der Waals surface area contributed by atoms with Crippen LogP contribution in [0.4, 0.5) is 5.69 Å². The first kappa shape index (κ1) is 14.8. The van der Waals surface area contributed by atoms with Crippen molar-refractivity contribution in [2.75, 3.05) is 6.61 Å². The van der Waals surface area contributed by atoms with E-state index in [4.69, 9.17) is 4.74 Å². The molecule has 0 saturated heterocycles. The molecule has 1 heterocycles. The van der Waals surface area contributed by atoms with Gasteiger partial charge in [-0.3, -0.25) is 24.4 Å². The molecule has 1 aromatic heterocycles. The summed E-state index contributed by atoms with van der Waals surface area (Å²) >= 11 is 0. The van der Waals surface area contributed by atoms with Crippen molar-refractivity contribution in [3.8, 4) is 0 Å². The maximum atomic E-state index is 12.0. The maximum Gasteiger partial charge on any atom is 0.319 e. The molecule has 0 unspecified atom stereocenters. The quantitative estimate of drug-likeness (QED) is 0.329. The molecule has 8 heteroatoms. The molecule has 0 aliphatic heterocycles. The Bertz CT molecular complexity index is 506. The van der Waals surface area contributed by atoms with Crippen LogP contribution >= 0.6 is 0 Å². The van der Waals surface area contributed by atoms with Crippen molar-refractivity contribution in [2.45, 2.75) is 27.3 Å². The first-order valence-corrected chi connectivity index (χ1v) is 5.66. The van der Waals surface area contributed by atoms with E-state index >= 15 is 0 Å². The average Bonchev–Trinajstić information content (AvgIpc) is 2.77. The van der Waals surface area contributed by atoms with Crippen LogP contribution in [-0.4, -0.2) is 33.1 Å². The Labute approximate surface area is 109 Å². The molecule has 0 N–H and O–H groups in total. The Hall–Kier alpha value is -2.25. The van der Waals surface area contributed by atoms with E-state index in [0.29, 0.717) is 0 Å². The van der Waals surface area contributed by atoms with E-state index in [9.17, 15) is 19.7 Å². The second-order valence-corrected chi connectivity index (χ2v) is 4.42. The van der Waals surface area contributed by atoms with Gasteiger partial charge >= 0.3 is 11.7 Å². The molecule has 0 amide bonds. The lowest BCUT2D eigenvalue weighted by molar-refractivity contribution is -0.385. The summed E-state index contributed by atoms with van der Waals surface area (Å²) in [5.74, 6) is -1.05. The number of Topliss-reactive ketones (excluding diaryl/α,β-unsaturated/α-hetero) is 1. The third-order valence-corrected chi connectivity index (χ3v) is 2.62. The van der Waals surface area contributed by atoms with Gasteiger partial charge in [0.15, 0.2) is 5.78 Å². The van der Waals surface area contributed by atoms with Crippen LogP contribution in [0, 0.1) is 15.5 Å². The number of hydrogen-bond donors (Lipinski definition) is 0. The number of hydrogen-bond acceptors (Lipinski definition) is 6. The van der Waals surface area contributed by atoms with E-state index < -0.39 is 22.1 Å². The summed E-state index contributed by atoms with van der Waals surface area (Å²) in [6.45, 7) is 4.51. The third kappa shape index (κ3) is 3.36. The summed E-state index contributed by atoms with van der Waals surface area (Å²) in [4.78, 5) is 33.5. The first-order chi connectivity index (χ1) is 8.78. The molecule has 104 valence electrons. The van der Waals surface area contributed by atoms with Crippen molar-refractivity contribution in [3.05, 3.63) is 22.5 Å². The fourth-order valence-corrected chi connectivity index (χ4v) is 1.30. The molecule has 19 heavy (non-hydrogen) atoms. The molecule has 8 nitrogen and oxygen atoms in total. The van der Waals surface area contributed by atoms with E-state index in [1.54, 1.807) is 6.92 Å². The van der Waals surface area contributed by atoms with Gasteiger partial charge in [-0.15, -0.1) is 0 Å². The van der Waals surface area contributed by atoms with Gasteiger partial charge in [-0.25, -0.2) is 0 Å². The lowest BCUT2D eigenvalue weighted by Crippen LogP contribution is -2.37. The van der Waals surface area contributed by atoms with Crippen LogP contribution in [0.25, 0.3) is 0 Å². The molecule has 0 aliphatic carbocycles. The molecule has 0 bridgehead atoms. The number of carbonyl (C=O) groups is 2. The highest BCUT2D eigenvalue weighted by Gasteiger charge is 2.37. The fourth-order valence-electron chi connectivity index (χ4n) is 1.30. The Morgan fingerprint density at radius 1 is 1.53 bits per heavy atom. The average molecular weight is 269 g/mol. The molecule has 0 radical (unpaired) electrons. The van der Waals surface area contributed by atoms with Crippen LogP contribution in [0.15, 0.2) is 12.4 Å². The zero-order valence-electron chi connectivity index (χ0n) is 11.0. The molecule has 1 aromatic rings. The Balaban J connectivity index is 2.78. The second kappa shape index (κ2) is 5.59. The predicted molar refractivity (Wildman–Crippen MR) is 64.3 cm³/mol. The van der Waals surface area contributed by atoms with Gasteiger partial charge in [0.1, 0.15) is 24.4 Å². The van der Waals surface area contributed by atoms with E-state index in [1.165, 1.54) is 13.8 Å². The number of nitrogens with zero attached hydrogens (tertiary/aromatic N) is 3. The number of ketones is 1. The van der Waals surface area contributed by atoms with Crippen molar-refractivity contribution in [1.82, 2.24) is 9.78 Å². The minimum atomic E-state index is -1.31. The minimum absolute atomic E-state index is 0.183. The lowest BCUT2D eigenvalue weighted by atomic mass is 9.88. The highest BCUT2D eigenvalue weighted by atomic mass is 16.6. The van der Waals surface area contributed by atoms with E-state index in [0.717, 1.165) is 17.1 Å². The number of ether oxygens (including phenoxy) is 1. The number of nitro groups is 1. The number of carbonyl (C=O) groups excluding carboxylic acids is 2. The van der Waals surface area contributed by atoms with Gasteiger partial charge < -0.3 is 4.74 Å². The van der Waals surface area contributed by atoms with Crippen LogP contribution < -0.4 is 0 Å². The largest absolute Gasteiger partial charge is 0.465 e. The predicted octanol–water partition coefficient (Wildman–Crippen LogP) is 0.950. The second-order valence-electron chi connectivity index (χ2n) is 4.42. The normalized spacial score (nSPS) is 11.1. The maximum absolute atomic E-state index is 12.0. The van der Waals surface area contributed by atoms with Crippen LogP contribution in [0.5, 0.6) is 0 Å². The summed E-state index contributed by atoms with van der Waals surface area (Å²) in [6.07, 6.45) is 2.18. The summed E-state index contributed by atoms with van der Waals surface area (Å²) in [5.41, 5.74) is -1.52. The van der Waals surface area contributed by atoms with Crippen LogP contribution in [-0.2, 0) is 20.9 Å². The zero-order valence-corrected chi connectivity index (χ0v) is 11.0. The van der Waals surface area contributed by atoms with E-state index in [-0.39, 0.29) is 18.8 Å². The Kier molecular flexibility index (Phi) is 4.36. The molecule has 0 saturated carbocycles. The lowest BCUT2D eigenvalue weighted by Gasteiger charge is -2.20. The number of esters is 1. The van der Waals surface area contributed by atoms with Gasteiger partial charge in [0.2, 0.25) is 0 Å². The van der Waals surface area contributed by atoms with Gasteiger partial charge in [0, 0.05) is 0 Å². The van der Waals surface area contributed by atoms with E-state index in [2.05, 4.69) is 5.10 Å². The van der Waals surface area contributed by atoms with Gasteiger partial charge in [-0.2, -0.15) is 5.10 Å². The van der Waals surface area contributed by atoms with Gasteiger partial charge in [-0.05, 0) is 20.8 Å². The molecular weight excluding hydrogens is 254 g/mol. The minimum Gasteiger partial charge on any atom is -0.465 e. The van der Waals surface area contributed by atoms with Crippen molar-refractivity contribution in [2.24, 2.45) is 5.41 Å². The first-order valence-electron chi connectivity index (χ1n) is 5.66. The van der Waals surface area contributed by atoms with Crippen LogP contribution in [0.3, 0.4) is 0 Å². The van der Waals surface area contributed by atoms with Gasteiger partial charge in [-0.1, -0.05) is 0 Å². The SMILES string of the molecule is CCOC(=O)C(C)(C)C(=O)Cn1cc([N+](=O)[O-])cn1. The van der Waals surface area contributed by atoms with Crippen molar-refractivity contribution in [3.63, 3.8) is 0 Å². The van der Waals surface area contributed by atoms with Gasteiger partial charge in [0.05, 0.1) is 11.5 Å².